The first-order valence-corrected chi connectivity index (χ1v) is 7.20. The van der Waals surface area contributed by atoms with Gasteiger partial charge in [-0.25, -0.2) is 0 Å². The minimum Gasteiger partial charge on any atom is -0.313 e. The molecule has 0 radical (unpaired) electrons. The van der Waals surface area contributed by atoms with E-state index in [4.69, 9.17) is 0 Å². The molecule has 0 saturated carbocycles. The highest BCUT2D eigenvalue weighted by atomic mass is 15.3. The van der Waals surface area contributed by atoms with Crippen molar-refractivity contribution in [3.05, 3.63) is 66.0 Å². The zero-order chi connectivity index (χ0) is 13.8. The lowest BCUT2D eigenvalue weighted by Crippen LogP contribution is -2.57. The summed E-state index contributed by atoms with van der Waals surface area (Å²) in [5, 5.41) is 3.53. The summed E-state index contributed by atoms with van der Waals surface area (Å²) in [7, 11) is 0. The number of hydrogen-bond acceptors (Lipinski definition) is 3. The molecule has 1 unspecified atom stereocenters. The quantitative estimate of drug-likeness (QED) is 0.925. The lowest BCUT2D eigenvalue weighted by Gasteiger charge is -2.45. The van der Waals surface area contributed by atoms with E-state index < -0.39 is 0 Å². The number of benzene rings is 1. The van der Waals surface area contributed by atoms with Gasteiger partial charge in [0, 0.05) is 32.4 Å². The van der Waals surface area contributed by atoms with Crippen molar-refractivity contribution in [2.24, 2.45) is 0 Å². The van der Waals surface area contributed by atoms with Gasteiger partial charge in [-0.3, -0.25) is 9.88 Å². The Kier molecular flexibility index (Phi) is 3.81. The maximum absolute atomic E-state index is 4.47. The predicted molar refractivity (Wildman–Crippen MR) is 81.3 cm³/mol. The molecule has 3 nitrogen and oxygen atoms in total. The minimum absolute atomic E-state index is 0.0248. The number of piperazine rings is 1. The third kappa shape index (κ3) is 2.60. The van der Waals surface area contributed by atoms with Crippen LogP contribution in [0.5, 0.6) is 0 Å². The summed E-state index contributed by atoms with van der Waals surface area (Å²) < 4.78 is 0. The van der Waals surface area contributed by atoms with Gasteiger partial charge in [-0.1, -0.05) is 36.4 Å². The topological polar surface area (TPSA) is 28.2 Å². The van der Waals surface area contributed by atoms with Crippen molar-refractivity contribution < 1.29 is 0 Å². The Morgan fingerprint density at radius 3 is 2.70 bits per heavy atom. The molecule has 0 spiro atoms. The molecule has 1 aromatic carbocycles. The Labute approximate surface area is 120 Å². The monoisotopic (exact) mass is 267 g/mol. The molecule has 3 heteroatoms. The lowest BCUT2D eigenvalue weighted by molar-refractivity contribution is 0.0637. The molecule has 1 aliphatic rings. The predicted octanol–water partition coefficient (Wildman–Crippen LogP) is 2.40. The molecule has 2 heterocycles. The Balaban J connectivity index is 1.87. The van der Waals surface area contributed by atoms with Crippen LogP contribution in [0.1, 0.15) is 18.2 Å². The molecule has 104 valence electrons. The first kappa shape index (κ1) is 13.3. The van der Waals surface area contributed by atoms with Gasteiger partial charge in [0.2, 0.25) is 0 Å². The normalized spacial score (nSPS) is 23.6. The van der Waals surface area contributed by atoms with E-state index in [1.165, 1.54) is 5.56 Å². The highest BCUT2D eigenvalue weighted by molar-refractivity contribution is 5.25. The van der Waals surface area contributed by atoms with Crippen LogP contribution in [0.15, 0.2) is 54.7 Å². The highest BCUT2D eigenvalue weighted by Gasteiger charge is 2.35. The molecule has 0 bridgehead atoms. The first-order chi connectivity index (χ1) is 9.79. The van der Waals surface area contributed by atoms with E-state index >= 15 is 0 Å². The number of nitrogens with zero attached hydrogens (tertiary/aromatic N) is 2. The van der Waals surface area contributed by atoms with Crippen LogP contribution in [0.2, 0.25) is 0 Å². The van der Waals surface area contributed by atoms with Gasteiger partial charge in [-0.2, -0.15) is 0 Å². The van der Waals surface area contributed by atoms with E-state index in [1.807, 2.05) is 12.3 Å². The van der Waals surface area contributed by atoms with Gasteiger partial charge >= 0.3 is 0 Å². The molecule has 1 aromatic heterocycles. The average molecular weight is 267 g/mol. The molecule has 20 heavy (non-hydrogen) atoms. The van der Waals surface area contributed by atoms with Gasteiger partial charge in [0.1, 0.15) is 0 Å². The van der Waals surface area contributed by atoms with Crippen LogP contribution in [0, 0.1) is 0 Å². The van der Waals surface area contributed by atoms with Gasteiger partial charge in [0.25, 0.3) is 0 Å². The third-order valence-electron chi connectivity index (χ3n) is 4.20. The van der Waals surface area contributed by atoms with E-state index in [2.05, 4.69) is 64.6 Å². The largest absolute Gasteiger partial charge is 0.313 e. The fraction of sp³-hybridized carbons (Fsp3) is 0.353. The average Bonchev–Trinajstić information content (AvgIpc) is 2.52. The second-order valence-corrected chi connectivity index (χ2v) is 5.56. The van der Waals surface area contributed by atoms with Crippen molar-refractivity contribution in [1.29, 1.82) is 0 Å². The molecular weight excluding hydrogens is 246 g/mol. The highest BCUT2D eigenvalue weighted by Crippen LogP contribution is 2.30. The van der Waals surface area contributed by atoms with Crippen molar-refractivity contribution in [3.63, 3.8) is 0 Å². The number of aromatic nitrogens is 1. The van der Waals surface area contributed by atoms with Crippen LogP contribution in [0.25, 0.3) is 0 Å². The molecule has 1 aliphatic heterocycles. The van der Waals surface area contributed by atoms with E-state index in [1.54, 1.807) is 0 Å². The molecule has 0 aliphatic carbocycles. The van der Waals surface area contributed by atoms with Gasteiger partial charge in [0.15, 0.2) is 0 Å². The maximum Gasteiger partial charge on any atom is 0.0561 e. The second kappa shape index (κ2) is 5.73. The summed E-state index contributed by atoms with van der Waals surface area (Å²) in [6, 6.07) is 16.9. The van der Waals surface area contributed by atoms with Crippen molar-refractivity contribution in [2.45, 2.75) is 19.0 Å². The summed E-state index contributed by atoms with van der Waals surface area (Å²) in [5.74, 6) is 0. The van der Waals surface area contributed by atoms with Crippen molar-refractivity contribution >= 4 is 0 Å². The smallest absolute Gasteiger partial charge is 0.0561 e. The van der Waals surface area contributed by atoms with Gasteiger partial charge in [0.05, 0.1) is 11.2 Å². The summed E-state index contributed by atoms with van der Waals surface area (Å²) in [4.78, 5) is 7.00. The standard InChI is InChI=1S/C17H21N3/c1-17(15-7-3-2-4-8-15)14-18-11-12-20(17)13-16-9-5-6-10-19-16/h2-10,18H,11-14H2,1H3. The maximum atomic E-state index is 4.47. The number of rotatable bonds is 3. The van der Waals surface area contributed by atoms with Crippen LogP contribution < -0.4 is 5.32 Å². The minimum atomic E-state index is 0.0248. The van der Waals surface area contributed by atoms with Crippen LogP contribution in [0.3, 0.4) is 0 Å². The van der Waals surface area contributed by atoms with E-state index in [9.17, 15) is 0 Å². The molecular formula is C17H21N3. The number of nitrogens with one attached hydrogen (secondary N) is 1. The second-order valence-electron chi connectivity index (χ2n) is 5.56. The molecule has 2 aromatic rings. The molecule has 1 N–H and O–H groups in total. The van der Waals surface area contributed by atoms with E-state index in [0.717, 1.165) is 31.9 Å². The number of pyridine rings is 1. The van der Waals surface area contributed by atoms with Gasteiger partial charge in [-0.05, 0) is 24.6 Å². The number of hydrogen-bond donors (Lipinski definition) is 1. The molecule has 3 rings (SSSR count). The molecule has 0 amide bonds. The summed E-state index contributed by atoms with van der Waals surface area (Å²) in [6.45, 7) is 6.27. The third-order valence-corrected chi connectivity index (χ3v) is 4.20. The Hall–Kier alpha value is -1.71. The van der Waals surface area contributed by atoms with Crippen molar-refractivity contribution in [2.75, 3.05) is 19.6 Å². The SMILES string of the molecule is CC1(c2ccccc2)CNCCN1Cc1ccccn1. The summed E-state index contributed by atoms with van der Waals surface area (Å²) in [6.07, 6.45) is 1.87. The lowest BCUT2D eigenvalue weighted by atomic mass is 9.88. The van der Waals surface area contributed by atoms with Gasteiger partial charge < -0.3 is 5.32 Å². The van der Waals surface area contributed by atoms with Crippen LogP contribution in [-0.2, 0) is 12.1 Å². The Morgan fingerprint density at radius 2 is 1.95 bits per heavy atom. The Morgan fingerprint density at radius 1 is 1.15 bits per heavy atom. The first-order valence-electron chi connectivity index (χ1n) is 7.20. The summed E-state index contributed by atoms with van der Waals surface area (Å²) in [5.41, 5.74) is 2.52. The van der Waals surface area contributed by atoms with Crippen molar-refractivity contribution in [1.82, 2.24) is 15.2 Å². The van der Waals surface area contributed by atoms with Crippen LogP contribution >= 0.6 is 0 Å². The molecule has 1 fully saturated rings. The molecule has 1 saturated heterocycles. The van der Waals surface area contributed by atoms with E-state index in [0.29, 0.717) is 0 Å². The molecule has 1 atom stereocenters. The van der Waals surface area contributed by atoms with Crippen LogP contribution in [-0.4, -0.2) is 29.5 Å². The van der Waals surface area contributed by atoms with Gasteiger partial charge in [-0.15, -0.1) is 0 Å². The zero-order valence-corrected chi connectivity index (χ0v) is 11.9. The van der Waals surface area contributed by atoms with E-state index in [-0.39, 0.29) is 5.54 Å². The summed E-state index contributed by atoms with van der Waals surface area (Å²) >= 11 is 0. The zero-order valence-electron chi connectivity index (χ0n) is 11.9. The Bertz CT molecular complexity index is 541. The van der Waals surface area contributed by atoms with Crippen molar-refractivity contribution in [3.8, 4) is 0 Å². The van der Waals surface area contributed by atoms with Crippen LogP contribution in [0.4, 0.5) is 0 Å². The fourth-order valence-corrected chi connectivity index (χ4v) is 2.93. The fourth-order valence-electron chi connectivity index (χ4n) is 2.93.